The highest BCUT2D eigenvalue weighted by molar-refractivity contribution is 5.84. The second-order valence-corrected chi connectivity index (χ2v) is 4.82. The first-order valence-corrected chi connectivity index (χ1v) is 6.40. The summed E-state index contributed by atoms with van der Waals surface area (Å²) in [5, 5.41) is 11.8. The van der Waals surface area contributed by atoms with Gasteiger partial charge in [-0.3, -0.25) is 4.90 Å². The third kappa shape index (κ3) is 3.67. The van der Waals surface area contributed by atoms with Crippen LogP contribution in [0, 0.1) is 5.92 Å². The molecule has 1 saturated heterocycles. The zero-order chi connectivity index (χ0) is 12.0. The average Bonchev–Trinajstić information content (AvgIpc) is 2.53. The van der Waals surface area contributed by atoms with E-state index in [1.165, 1.54) is 32.1 Å². The SMILES string of the molecule is CCCC1CCCN(C(C)C(N)=NO)CC1. The van der Waals surface area contributed by atoms with Crippen molar-refractivity contribution in [2.75, 3.05) is 13.1 Å². The molecule has 0 spiro atoms. The van der Waals surface area contributed by atoms with Crippen LogP contribution in [0.2, 0.25) is 0 Å². The normalized spacial score (nSPS) is 26.4. The number of likely N-dealkylation sites (tertiary alicyclic amines) is 1. The van der Waals surface area contributed by atoms with E-state index in [-0.39, 0.29) is 6.04 Å². The third-order valence-electron chi connectivity index (χ3n) is 3.67. The molecule has 0 aromatic rings. The maximum Gasteiger partial charge on any atom is 0.156 e. The summed E-state index contributed by atoms with van der Waals surface area (Å²) >= 11 is 0. The smallest absolute Gasteiger partial charge is 0.156 e. The van der Waals surface area contributed by atoms with E-state index in [2.05, 4.69) is 17.0 Å². The predicted octanol–water partition coefficient (Wildman–Crippen LogP) is 2.02. The second-order valence-electron chi connectivity index (χ2n) is 4.82. The molecule has 2 unspecified atom stereocenters. The Morgan fingerprint density at radius 1 is 1.50 bits per heavy atom. The minimum absolute atomic E-state index is 0.0605. The van der Waals surface area contributed by atoms with Gasteiger partial charge in [0.2, 0.25) is 0 Å². The first-order chi connectivity index (χ1) is 7.69. The first-order valence-electron chi connectivity index (χ1n) is 6.40. The fraction of sp³-hybridized carbons (Fsp3) is 0.917. The van der Waals surface area contributed by atoms with Crippen LogP contribution in [0.1, 0.15) is 46.0 Å². The molecule has 0 radical (unpaired) electrons. The van der Waals surface area contributed by atoms with Gasteiger partial charge in [-0.2, -0.15) is 0 Å². The van der Waals surface area contributed by atoms with Gasteiger partial charge in [-0.25, -0.2) is 0 Å². The number of hydrogen-bond acceptors (Lipinski definition) is 3. The molecule has 0 aromatic carbocycles. The molecule has 4 heteroatoms. The number of nitrogens with two attached hydrogens (primary N) is 1. The first kappa shape index (κ1) is 13.3. The van der Waals surface area contributed by atoms with Crippen LogP contribution in [0.25, 0.3) is 0 Å². The monoisotopic (exact) mass is 227 g/mol. The van der Waals surface area contributed by atoms with Crippen LogP contribution < -0.4 is 5.73 Å². The third-order valence-corrected chi connectivity index (χ3v) is 3.67. The molecule has 0 amide bonds. The van der Waals surface area contributed by atoms with Gasteiger partial charge in [0.1, 0.15) is 0 Å². The van der Waals surface area contributed by atoms with Gasteiger partial charge < -0.3 is 10.9 Å². The van der Waals surface area contributed by atoms with Gasteiger partial charge in [0.15, 0.2) is 5.84 Å². The van der Waals surface area contributed by atoms with Crippen LogP contribution in [0.3, 0.4) is 0 Å². The fourth-order valence-corrected chi connectivity index (χ4v) is 2.54. The summed E-state index contributed by atoms with van der Waals surface area (Å²) in [7, 11) is 0. The molecule has 0 aliphatic carbocycles. The molecular weight excluding hydrogens is 202 g/mol. The Morgan fingerprint density at radius 3 is 2.88 bits per heavy atom. The maximum absolute atomic E-state index is 8.68. The van der Waals surface area contributed by atoms with Gasteiger partial charge in [-0.1, -0.05) is 24.9 Å². The van der Waals surface area contributed by atoms with Gasteiger partial charge in [-0.15, -0.1) is 0 Å². The maximum atomic E-state index is 8.68. The highest BCUT2D eigenvalue weighted by Crippen LogP contribution is 2.22. The van der Waals surface area contributed by atoms with Crippen molar-refractivity contribution in [1.29, 1.82) is 0 Å². The molecule has 16 heavy (non-hydrogen) atoms. The van der Waals surface area contributed by atoms with Gasteiger partial charge in [0, 0.05) is 0 Å². The molecule has 3 N–H and O–H groups in total. The van der Waals surface area contributed by atoms with Crippen molar-refractivity contribution in [2.45, 2.75) is 52.0 Å². The number of rotatable bonds is 4. The molecule has 4 nitrogen and oxygen atoms in total. The Bertz CT molecular complexity index is 230. The Hall–Kier alpha value is -0.770. The molecule has 1 aliphatic rings. The average molecular weight is 227 g/mol. The molecule has 1 fully saturated rings. The minimum Gasteiger partial charge on any atom is -0.409 e. The molecular formula is C12H25N3O. The van der Waals surface area contributed by atoms with E-state index in [4.69, 9.17) is 10.9 Å². The molecule has 0 aromatic heterocycles. The van der Waals surface area contributed by atoms with E-state index in [9.17, 15) is 0 Å². The van der Waals surface area contributed by atoms with Crippen molar-refractivity contribution < 1.29 is 5.21 Å². The topological polar surface area (TPSA) is 61.8 Å². The predicted molar refractivity (Wildman–Crippen MR) is 66.7 cm³/mol. The lowest BCUT2D eigenvalue weighted by Crippen LogP contribution is -2.43. The fourth-order valence-electron chi connectivity index (χ4n) is 2.54. The van der Waals surface area contributed by atoms with E-state index in [0.717, 1.165) is 19.0 Å². The molecule has 0 saturated carbocycles. The van der Waals surface area contributed by atoms with Gasteiger partial charge in [-0.05, 0) is 45.2 Å². The second kappa shape index (κ2) is 6.74. The Kier molecular flexibility index (Phi) is 5.60. The van der Waals surface area contributed by atoms with E-state index in [1.807, 2.05) is 6.92 Å². The van der Waals surface area contributed by atoms with E-state index in [1.54, 1.807) is 0 Å². The standard InChI is InChI=1S/C12H25N3O/c1-3-5-11-6-4-8-15(9-7-11)10(2)12(13)14-16/h10-11,16H,3-9H2,1-2H3,(H2,13,14). The van der Waals surface area contributed by atoms with Crippen molar-refractivity contribution in [2.24, 2.45) is 16.8 Å². The van der Waals surface area contributed by atoms with Crippen LogP contribution in [0.5, 0.6) is 0 Å². The zero-order valence-corrected chi connectivity index (χ0v) is 10.5. The van der Waals surface area contributed by atoms with Crippen LogP contribution in [0.4, 0.5) is 0 Å². The summed E-state index contributed by atoms with van der Waals surface area (Å²) in [4.78, 5) is 2.32. The Labute approximate surface area is 98.5 Å². The summed E-state index contributed by atoms with van der Waals surface area (Å²) in [6, 6.07) is 0.0605. The summed E-state index contributed by atoms with van der Waals surface area (Å²) in [6.07, 6.45) is 6.42. The van der Waals surface area contributed by atoms with Crippen molar-refractivity contribution >= 4 is 5.84 Å². The van der Waals surface area contributed by atoms with E-state index < -0.39 is 0 Å². The molecule has 2 atom stereocenters. The number of nitrogens with zero attached hydrogens (tertiary/aromatic N) is 2. The number of hydrogen-bond donors (Lipinski definition) is 2. The van der Waals surface area contributed by atoms with Crippen molar-refractivity contribution in [3.05, 3.63) is 0 Å². The zero-order valence-electron chi connectivity index (χ0n) is 10.5. The summed E-state index contributed by atoms with van der Waals surface area (Å²) < 4.78 is 0. The lowest BCUT2D eigenvalue weighted by atomic mass is 9.96. The summed E-state index contributed by atoms with van der Waals surface area (Å²) in [5.74, 6) is 1.20. The molecule has 0 bridgehead atoms. The van der Waals surface area contributed by atoms with Crippen molar-refractivity contribution in [3.8, 4) is 0 Å². The van der Waals surface area contributed by atoms with Crippen LogP contribution in [-0.2, 0) is 0 Å². The van der Waals surface area contributed by atoms with E-state index in [0.29, 0.717) is 5.84 Å². The lowest BCUT2D eigenvalue weighted by molar-refractivity contribution is 0.247. The van der Waals surface area contributed by atoms with Gasteiger partial charge in [0.05, 0.1) is 6.04 Å². The van der Waals surface area contributed by atoms with Crippen LogP contribution >= 0.6 is 0 Å². The van der Waals surface area contributed by atoms with Crippen LogP contribution in [0.15, 0.2) is 5.16 Å². The molecule has 1 heterocycles. The highest BCUT2D eigenvalue weighted by Gasteiger charge is 2.22. The largest absolute Gasteiger partial charge is 0.409 e. The van der Waals surface area contributed by atoms with Crippen LogP contribution in [-0.4, -0.2) is 35.1 Å². The summed E-state index contributed by atoms with van der Waals surface area (Å²) in [6.45, 7) is 6.40. The molecule has 1 aliphatic heterocycles. The van der Waals surface area contributed by atoms with Crippen molar-refractivity contribution in [1.82, 2.24) is 4.90 Å². The minimum atomic E-state index is 0.0605. The van der Waals surface area contributed by atoms with Gasteiger partial charge >= 0.3 is 0 Å². The Balaban J connectivity index is 2.46. The quantitative estimate of drug-likeness (QED) is 0.334. The van der Waals surface area contributed by atoms with Crippen molar-refractivity contribution in [3.63, 3.8) is 0 Å². The summed E-state index contributed by atoms with van der Waals surface area (Å²) in [5.41, 5.74) is 5.65. The molecule has 94 valence electrons. The Morgan fingerprint density at radius 2 is 2.25 bits per heavy atom. The highest BCUT2D eigenvalue weighted by atomic mass is 16.4. The molecule has 1 rings (SSSR count). The lowest BCUT2D eigenvalue weighted by Gasteiger charge is -2.26. The number of amidine groups is 1. The van der Waals surface area contributed by atoms with E-state index >= 15 is 0 Å². The number of oxime groups is 1. The van der Waals surface area contributed by atoms with Gasteiger partial charge in [0.25, 0.3) is 0 Å².